The maximum absolute atomic E-state index is 12.4. The molecule has 0 amide bonds. The molecule has 0 aromatic heterocycles. The van der Waals surface area contributed by atoms with Crippen molar-refractivity contribution in [1.29, 1.82) is 0 Å². The zero-order chi connectivity index (χ0) is 58.8. The van der Waals surface area contributed by atoms with Crippen molar-refractivity contribution in [3.63, 3.8) is 0 Å². The Kier molecular flexibility index (Phi) is 47.0. The summed E-state index contributed by atoms with van der Waals surface area (Å²) >= 11 is 0. The first-order chi connectivity index (χ1) is 37.3. The Morgan fingerprint density at radius 3 is 0.974 bits per heavy atom. The van der Waals surface area contributed by atoms with Crippen molar-refractivity contribution in [1.82, 2.24) is 0 Å². The van der Waals surface area contributed by atoms with Gasteiger partial charge in [-0.05, 0) is 38.5 Å². The summed E-state index contributed by atoms with van der Waals surface area (Å²) in [5.41, 5.74) is 0.203. The number of carbonyl (C=O) groups excluding carboxylic acids is 8. The molecule has 0 bridgehead atoms. The molecule has 0 aliphatic carbocycles. The van der Waals surface area contributed by atoms with Crippen molar-refractivity contribution in [3.05, 3.63) is 60.8 Å². The van der Waals surface area contributed by atoms with E-state index in [1.165, 1.54) is 48.4 Å². The van der Waals surface area contributed by atoms with Gasteiger partial charge in [0, 0.05) is 56.7 Å². The number of esters is 8. The molecule has 0 aromatic carbocycles. The fourth-order valence-electron chi connectivity index (χ4n) is 5.75. The lowest BCUT2D eigenvalue weighted by Gasteiger charge is -2.28. The van der Waals surface area contributed by atoms with E-state index in [4.69, 9.17) is 52.1 Å². The van der Waals surface area contributed by atoms with Crippen LogP contribution in [0.4, 0.5) is 0 Å². The standard InChI is InChI=1S/C35H54O18.C19H32O6/c1-26(32(39)42-5)17-48-23-45-14-10-13-31(38)53-22-35(4,20-49-24-46-15-8-11-29(36)51-18-27(2)33(40)43-6)21-50-25-47-16-9-12-30(37)52-19-28(3)34(41)44-7;1-16(18(20)22-3)12-10-8-6-5-7-9-11-13-24-15-25-14-17(2)19(21)23-4/h1-3,8-25H2,4-7H3;1-2,5-15H2,3-4H3. The summed E-state index contributed by atoms with van der Waals surface area (Å²) in [4.78, 5) is 92.2. The Morgan fingerprint density at radius 2 is 0.603 bits per heavy atom. The Labute approximate surface area is 459 Å². The molecule has 0 heterocycles. The Morgan fingerprint density at radius 1 is 0.308 bits per heavy atom. The molecule has 446 valence electrons. The monoisotopic (exact) mass is 1120 g/mol. The highest BCUT2D eigenvalue weighted by Crippen LogP contribution is 2.20. The molecule has 0 spiro atoms. The van der Waals surface area contributed by atoms with E-state index in [0.29, 0.717) is 37.9 Å². The molecular weight excluding hydrogens is 1030 g/mol. The van der Waals surface area contributed by atoms with Crippen LogP contribution in [-0.4, -0.2) is 183 Å². The average molecular weight is 1120 g/mol. The van der Waals surface area contributed by atoms with Gasteiger partial charge in [0.15, 0.2) is 0 Å². The van der Waals surface area contributed by atoms with Crippen molar-refractivity contribution in [2.45, 2.75) is 96.8 Å². The van der Waals surface area contributed by atoms with E-state index in [1.54, 1.807) is 6.92 Å². The number of methoxy groups -OCH3 is 5. The lowest BCUT2D eigenvalue weighted by molar-refractivity contribution is -0.160. The van der Waals surface area contributed by atoms with Crippen molar-refractivity contribution in [2.24, 2.45) is 5.41 Å². The van der Waals surface area contributed by atoms with E-state index in [9.17, 15) is 38.4 Å². The molecule has 0 atom stereocenters. The highest BCUT2D eigenvalue weighted by molar-refractivity contribution is 5.89. The van der Waals surface area contributed by atoms with Crippen LogP contribution in [0.1, 0.15) is 96.8 Å². The van der Waals surface area contributed by atoms with E-state index >= 15 is 0 Å². The van der Waals surface area contributed by atoms with Gasteiger partial charge < -0.3 is 75.8 Å². The van der Waals surface area contributed by atoms with Gasteiger partial charge in [-0.1, -0.05) is 71.9 Å². The molecule has 0 radical (unpaired) electrons. The third-order valence-corrected chi connectivity index (χ3v) is 10.2. The van der Waals surface area contributed by atoms with E-state index in [-0.39, 0.29) is 141 Å². The first-order valence-corrected chi connectivity index (χ1v) is 25.2. The van der Waals surface area contributed by atoms with Gasteiger partial charge in [0.25, 0.3) is 0 Å². The summed E-state index contributed by atoms with van der Waals surface area (Å²) in [7, 11) is 6.32. The Balaban J connectivity index is 0. The minimum Gasteiger partial charge on any atom is -0.466 e. The summed E-state index contributed by atoms with van der Waals surface area (Å²) < 4.78 is 81.2. The van der Waals surface area contributed by atoms with Crippen LogP contribution in [0, 0.1) is 5.41 Å². The van der Waals surface area contributed by atoms with Gasteiger partial charge in [0.05, 0.1) is 84.3 Å². The van der Waals surface area contributed by atoms with E-state index in [2.05, 4.69) is 56.6 Å². The number of carbonyl (C=O) groups is 8. The molecule has 24 heteroatoms. The number of unbranched alkanes of at least 4 members (excludes halogenated alkanes) is 6. The number of hydrogen-bond acceptors (Lipinski definition) is 24. The predicted octanol–water partition coefficient (Wildman–Crippen LogP) is 5.68. The number of ether oxygens (including phenoxy) is 16. The maximum Gasteiger partial charge on any atom is 0.336 e. The van der Waals surface area contributed by atoms with Crippen molar-refractivity contribution in [3.8, 4) is 0 Å². The molecule has 0 rings (SSSR count). The van der Waals surface area contributed by atoms with Crippen molar-refractivity contribution in [2.75, 3.05) is 135 Å². The fourth-order valence-corrected chi connectivity index (χ4v) is 5.75. The van der Waals surface area contributed by atoms with Crippen LogP contribution >= 0.6 is 0 Å². The minimum absolute atomic E-state index is 0.0193. The maximum atomic E-state index is 12.4. The molecule has 0 fully saturated rings. The third kappa shape index (κ3) is 43.2. The van der Waals surface area contributed by atoms with Crippen LogP contribution < -0.4 is 0 Å². The minimum atomic E-state index is -0.813. The van der Waals surface area contributed by atoms with Gasteiger partial charge in [0.1, 0.15) is 47.0 Å². The lowest BCUT2D eigenvalue weighted by atomic mass is 9.94. The number of rotatable bonds is 49. The van der Waals surface area contributed by atoms with Gasteiger partial charge >= 0.3 is 47.8 Å². The topological polar surface area (TPSA) is 284 Å². The van der Waals surface area contributed by atoms with Crippen LogP contribution in [0.5, 0.6) is 0 Å². The van der Waals surface area contributed by atoms with E-state index < -0.39 is 47.2 Å². The SMILES string of the molecule is C=C(CCCCCCCCCOCOCC(=C)C(=O)OC)C(=O)OC.C=C(COCOCCCC(=O)OCC(C)(COCOCCCC(=O)OCC(=C)C(=O)OC)COCOCCCC(=O)OCC(=C)C(=O)OC)C(=O)OC. The van der Waals surface area contributed by atoms with Crippen LogP contribution in [0.3, 0.4) is 0 Å². The summed E-state index contributed by atoms with van der Waals surface area (Å²) in [5, 5.41) is 0. The smallest absolute Gasteiger partial charge is 0.336 e. The van der Waals surface area contributed by atoms with Crippen LogP contribution in [0.25, 0.3) is 0 Å². The second kappa shape index (κ2) is 49.4. The Bertz CT molecular complexity index is 1730. The molecular formula is C54H86O24. The van der Waals surface area contributed by atoms with E-state index in [1.807, 2.05) is 0 Å². The third-order valence-electron chi connectivity index (χ3n) is 10.2. The highest BCUT2D eigenvalue weighted by Gasteiger charge is 2.28. The van der Waals surface area contributed by atoms with Gasteiger partial charge in [0.2, 0.25) is 0 Å². The lowest BCUT2D eigenvalue weighted by Crippen LogP contribution is -2.36. The molecule has 0 saturated carbocycles. The second-order valence-electron chi connectivity index (χ2n) is 17.3. The van der Waals surface area contributed by atoms with Crippen molar-refractivity contribution >= 4 is 47.8 Å². The quantitative estimate of drug-likeness (QED) is 0.0233. The highest BCUT2D eigenvalue weighted by atomic mass is 16.7. The van der Waals surface area contributed by atoms with E-state index in [0.717, 1.165) is 32.1 Å². The van der Waals surface area contributed by atoms with Crippen molar-refractivity contribution < 1.29 is 114 Å². The molecule has 0 saturated heterocycles. The Hall–Kier alpha value is -5.86. The summed E-state index contributed by atoms with van der Waals surface area (Å²) in [6.07, 6.45) is 9.59. The van der Waals surface area contributed by atoms with Crippen LogP contribution in [-0.2, 0) is 114 Å². The molecule has 24 nitrogen and oxygen atoms in total. The zero-order valence-electron chi connectivity index (χ0n) is 46.8. The molecule has 78 heavy (non-hydrogen) atoms. The molecule has 0 N–H and O–H groups in total. The largest absolute Gasteiger partial charge is 0.466 e. The van der Waals surface area contributed by atoms with Gasteiger partial charge in [-0.2, -0.15) is 0 Å². The predicted molar refractivity (Wildman–Crippen MR) is 278 cm³/mol. The molecule has 0 aliphatic heterocycles. The number of hydrogen-bond donors (Lipinski definition) is 0. The first-order valence-electron chi connectivity index (χ1n) is 25.2. The van der Waals surface area contributed by atoms with Gasteiger partial charge in [-0.3, -0.25) is 14.4 Å². The van der Waals surface area contributed by atoms with Gasteiger partial charge in [-0.15, -0.1) is 0 Å². The zero-order valence-corrected chi connectivity index (χ0v) is 46.8. The summed E-state index contributed by atoms with van der Waals surface area (Å²) in [6, 6.07) is 0. The first kappa shape index (κ1) is 74.2. The summed E-state index contributed by atoms with van der Waals surface area (Å²) in [5.74, 6) is -4.21. The molecule has 0 unspecified atom stereocenters. The molecule has 0 aromatic rings. The fraction of sp³-hybridized carbons (Fsp3) is 0.667. The molecule has 0 aliphatic rings. The normalized spacial score (nSPS) is 10.7. The average Bonchev–Trinajstić information content (AvgIpc) is 3.44. The van der Waals surface area contributed by atoms with Gasteiger partial charge in [-0.25, -0.2) is 24.0 Å². The summed E-state index contributed by atoms with van der Waals surface area (Å²) in [6.45, 7) is 20.2. The second-order valence-corrected chi connectivity index (χ2v) is 17.3. The van der Waals surface area contributed by atoms with Crippen LogP contribution in [0.15, 0.2) is 60.8 Å². The van der Waals surface area contributed by atoms with Crippen LogP contribution in [0.2, 0.25) is 0 Å².